The number of pyridine rings is 1. The van der Waals surface area contributed by atoms with Gasteiger partial charge in [-0.1, -0.05) is 6.07 Å². The van der Waals surface area contributed by atoms with E-state index in [1.54, 1.807) is 42.7 Å². The van der Waals surface area contributed by atoms with Gasteiger partial charge in [0.15, 0.2) is 11.6 Å². The number of nitrogens with two attached hydrogens (primary N) is 2. The van der Waals surface area contributed by atoms with Gasteiger partial charge in [0.25, 0.3) is 5.95 Å². The van der Waals surface area contributed by atoms with E-state index in [2.05, 4.69) is 20.1 Å². The van der Waals surface area contributed by atoms with Crippen molar-refractivity contribution in [1.29, 1.82) is 0 Å². The predicted molar refractivity (Wildman–Crippen MR) is 124 cm³/mol. The number of hydrogen-bond acceptors (Lipinski definition) is 7. The molecule has 5 aromatic rings. The molecule has 0 saturated carbocycles. The number of halogens is 3. The molecule has 0 amide bonds. The van der Waals surface area contributed by atoms with E-state index in [4.69, 9.17) is 16.2 Å². The van der Waals surface area contributed by atoms with Crippen LogP contribution in [0.1, 0.15) is 11.3 Å². The number of rotatable bonds is 5. The molecule has 5 rings (SSSR count). The third-order valence-corrected chi connectivity index (χ3v) is 5.54. The number of aromatic nitrogens is 5. The first-order valence-electron chi connectivity index (χ1n) is 10.4. The summed E-state index contributed by atoms with van der Waals surface area (Å²) >= 11 is 0. The van der Waals surface area contributed by atoms with Crippen LogP contribution in [0.5, 0.6) is 5.75 Å². The monoisotopic (exact) mass is 477 g/mol. The lowest BCUT2D eigenvalue weighted by molar-refractivity contribution is 0.415. The zero-order valence-corrected chi connectivity index (χ0v) is 18.3. The van der Waals surface area contributed by atoms with E-state index in [0.717, 1.165) is 12.1 Å². The van der Waals surface area contributed by atoms with E-state index >= 15 is 0 Å². The van der Waals surface area contributed by atoms with Gasteiger partial charge in [-0.2, -0.15) is 19.7 Å². The molecule has 0 saturated heterocycles. The maximum Gasteiger partial charge on any atom is 0.255 e. The first-order valence-corrected chi connectivity index (χ1v) is 10.4. The van der Waals surface area contributed by atoms with Gasteiger partial charge in [0.05, 0.1) is 23.9 Å². The lowest BCUT2D eigenvalue weighted by Gasteiger charge is -2.10. The van der Waals surface area contributed by atoms with Gasteiger partial charge in [-0.25, -0.2) is 13.2 Å². The fourth-order valence-corrected chi connectivity index (χ4v) is 3.85. The summed E-state index contributed by atoms with van der Waals surface area (Å²) in [6.07, 6.45) is 2.87. The zero-order valence-electron chi connectivity index (χ0n) is 18.3. The van der Waals surface area contributed by atoms with E-state index in [9.17, 15) is 13.2 Å². The molecule has 0 aliphatic rings. The number of nitrogen functional groups attached to an aromatic ring is 2. The van der Waals surface area contributed by atoms with Crippen LogP contribution in [0.25, 0.3) is 28.0 Å². The van der Waals surface area contributed by atoms with Gasteiger partial charge in [-0.3, -0.25) is 4.98 Å². The van der Waals surface area contributed by atoms with Crippen LogP contribution in [0.4, 0.5) is 24.8 Å². The summed E-state index contributed by atoms with van der Waals surface area (Å²) < 4.78 is 49.2. The Morgan fingerprint density at radius 2 is 1.71 bits per heavy atom. The zero-order chi connectivity index (χ0) is 24.7. The molecule has 3 heterocycles. The molecule has 2 aromatic carbocycles. The largest absolute Gasteiger partial charge is 0.497 e. The van der Waals surface area contributed by atoms with Gasteiger partial charge >= 0.3 is 0 Å². The van der Waals surface area contributed by atoms with Crippen molar-refractivity contribution in [2.45, 2.75) is 6.42 Å². The van der Waals surface area contributed by atoms with Gasteiger partial charge in [0.1, 0.15) is 23.2 Å². The van der Waals surface area contributed by atoms with Crippen molar-refractivity contribution in [3.63, 3.8) is 0 Å². The molecule has 8 nitrogen and oxygen atoms in total. The summed E-state index contributed by atoms with van der Waals surface area (Å²) in [7, 11) is 1.48. The summed E-state index contributed by atoms with van der Waals surface area (Å²) in [5.41, 5.74) is 13.8. The number of benzene rings is 2. The number of hydrogen-bond donors (Lipinski definition) is 2. The highest BCUT2D eigenvalue weighted by atomic mass is 19.2. The second kappa shape index (κ2) is 8.60. The molecule has 0 spiro atoms. The fraction of sp³-hybridized carbons (Fsp3) is 0.0833. The average molecular weight is 477 g/mol. The van der Waals surface area contributed by atoms with E-state index < -0.39 is 23.0 Å². The molecule has 35 heavy (non-hydrogen) atoms. The van der Waals surface area contributed by atoms with Crippen molar-refractivity contribution in [1.82, 2.24) is 24.7 Å². The van der Waals surface area contributed by atoms with E-state index in [1.165, 1.54) is 11.8 Å². The molecule has 0 aliphatic heterocycles. The molecule has 176 valence electrons. The van der Waals surface area contributed by atoms with Crippen LogP contribution in [-0.4, -0.2) is 31.8 Å². The van der Waals surface area contributed by atoms with Gasteiger partial charge in [0, 0.05) is 35.3 Å². The third kappa shape index (κ3) is 3.86. The fourth-order valence-electron chi connectivity index (χ4n) is 3.85. The molecule has 11 heteroatoms. The summed E-state index contributed by atoms with van der Waals surface area (Å²) in [6.45, 7) is 0. The van der Waals surface area contributed by atoms with Crippen LogP contribution in [0.2, 0.25) is 0 Å². The molecule has 0 atom stereocenters. The molecule has 0 bridgehead atoms. The maximum atomic E-state index is 14.4. The Bertz CT molecular complexity index is 1550. The minimum Gasteiger partial charge on any atom is -0.497 e. The second-order valence-corrected chi connectivity index (χ2v) is 7.65. The second-order valence-electron chi connectivity index (χ2n) is 7.65. The Balaban J connectivity index is 1.68. The molecule has 0 fully saturated rings. The molecular formula is C24H18F3N7O. The minimum absolute atomic E-state index is 0.0502. The van der Waals surface area contributed by atoms with Crippen LogP contribution in [0.3, 0.4) is 0 Å². The highest BCUT2D eigenvalue weighted by Gasteiger charge is 2.21. The standard InChI is InChI=1S/C24H18F3N7O/c1-35-13-4-7-19-15(9-13)18(10-14-16(25)5-6-17(26)21(14)27)33-34(19)24-31-22(28)20(23(29)32-24)12-3-2-8-30-11-12/h2-9,11H,10H2,1H3,(H4,28,29,31,32). The number of ether oxygens (including phenoxy) is 1. The van der Waals surface area contributed by atoms with Crippen LogP contribution in [0, 0.1) is 17.5 Å². The molecule has 0 radical (unpaired) electrons. The average Bonchev–Trinajstić information content (AvgIpc) is 3.22. The van der Waals surface area contributed by atoms with Crippen molar-refractivity contribution in [3.8, 4) is 22.8 Å². The van der Waals surface area contributed by atoms with Gasteiger partial charge in [-0.15, -0.1) is 0 Å². The Hall–Kier alpha value is -4.67. The molecule has 4 N–H and O–H groups in total. The highest BCUT2D eigenvalue weighted by molar-refractivity contribution is 5.86. The summed E-state index contributed by atoms with van der Waals surface area (Å²) in [4.78, 5) is 12.8. The SMILES string of the molecule is COc1ccc2c(c1)c(Cc1c(F)ccc(F)c1F)nn2-c1nc(N)c(-c2cccnc2)c(N)n1. The number of nitrogens with zero attached hydrogens (tertiary/aromatic N) is 5. The van der Waals surface area contributed by atoms with Crippen molar-refractivity contribution in [3.05, 3.63) is 83.6 Å². The smallest absolute Gasteiger partial charge is 0.255 e. The van der Waals surface area contributed by atoms with Crippen molar-refractivity contribution < 1.29 is 17.9 Å². The molecular weight excluding hydrogens is 459 g/mol. The Morgan fingerprint density at radius 3 is 2.40 bits per heavy atom. The van der Waals surface area contributed by atoms with E-state index in [0.29, 0.717) is 27.8 Å². The van der Waals surface area contributed by atoms with Gasteiger partial charge in [-0.05, 0) is 36.4 Å². The van der Waals surface area contributed by atoms with E-state index in [1.807, 2.05) is 0 Å². The Morgan fingerprint density at radius 1 is 0.971 bits per heavy atom. The maximum absolute atomic E-state index is 14.4. The Labute approximate surface area is 197 Å². The quantitative estimate of drug-likeness (QED) is 0.367. The van der Waals surface area contributed by atoms with E-state index in [-0.39, 0.29) is 29.7 Å². The Kier molecular flexibility index (Phi) is 5.44. The normalized spacial score (nSPS) is 11.2. The first-order chi connectivity index (χ1) is 16.9. The first kappa shape index (κ1) is 22.1. The third-order valence-electron chi connectivity index (χ3n) is 5.54. The van der Waals surface area contributed by atoms with Crippen LogP contribution in [-0.2, 0) is 6.42 Å². The molecule has 3 aromatic heterocycles. The van der Waals surface area contributed by atoms with Crippen molar-refractivity contribution in [2.24, 2.45) is 0 Å². The molecule has 0 aliphatic carbocycles. The van der Waals surface area contributed by atoms with Crippen LogP contribution in [0.15, 0.2) is 54.9 Å². The number of fused-ring (bicyclic) bond motifs is 1. The predicted octanol–water partition coefficient (Wildman–Crippen LogP) is 4.06. The van der Waals surface area contributed by atoms with Gasteiger partial charge in [0.2, 0.25) is 0 Å². The molecule has 0 unspecified atom stereocenters. The van der Waals surface area contributed by atoms with Gasteiger partial charge < -0.3 is 16.2 Å². The lowest BCUT2D eigenvalue weighted by Crippen LogP contribution is -2.10. The van der Waals surface area contributed by atoms with Crippen molar-refractivity contribution >= 4 is 22.5 Å². The summed E-state index contributed by atoms with van der Waals surface area (Å²) in [6, 6.07) is 10.1. The van der Waals surface area contributed by atoms with Crippen molar-refractivity contribution in [2.75, 3.05) is 18.6 Å². The van der Waals surface area contributed by atoms with Crippen LogP contribution < -0.4 is 16.2 Å². The lowest BCUT2D eigenvalue weighted by atomic mass is 10.1. The highest BCUT2D eigenvalue weighted by Crippen LogP contribution is 2.32. The minimum atomic E-state index is -1.28. The topological polar surface area (TPSA) is 118 Å². The number of methoxy groups -OCH3 is 1. The summed E-state index contributed by atoms with van der Waals surface area (Å²) in [5.74, 6) is -2.58. The number of anilines is 2. The van der Waals surface area contributed by atoms with Crippen LogP contribution >= 0.6 is 0 Å². The summed E-state index contributed by atoms with van der Waals surface area (Å²) in [5, 5.41) is 4.99.